The van der Waals surface area contributed by atoms with Crippen molar-refractivity contribution in [2.45, 2.75) is 52.0 Å². The van der Waals surface area contributed by atoms with Crippen molar-refractivity contribution in [3.63, 3.8) is 0 Å². The Hall–Kier alpha value is -2.63. The monoisotopic (exact) mass is 344 g/mol. The van der Waals surface area contributed by atoms with Crippen LogP contribution < -0.4 is 5.32 Å². The van der Waals surface area contributed by atoms with Crippen molar-refractivity contribution in [2.75, 3.05) is 0 Å². The van der Waals surface area contributed by atoms with Crippen LogP contribution in [0.25, 0.3) is 11.3 Å². The van der Waals surface area contributed by atoms with Crippen LogP contribution in [0.4, 0.5) is 0 Å². The zero-order valence-electron chi connectivity index (χ0n) is 14.8. The summed E-state index contributed by atoms with van der Waals surface area (Å²) >= 11 is 0. The summed E-state index contributed by atoms with van der Waals surface area (Å²) < 4.78 is 5.77. The minimum atomic E-state index is -1.24. The maximum absolute atomic E-state index is 12.1. The third-order valence-corrected chi connectivity index (χ3v) is 4.08. The van der Waals surface area contributed by atoms with E-state index >= 15 is 0 Å². The van der Waals surface area contributed by atoms with Crippen molar-refractivity contribution < 1.29 is 19.1 Å². The number of aryl methyl sites for hydroxylation is 2. The van der Waals surface area contributed by atoms with Crippen LogP contribution in [0.5, 0.6) is 0 Å². The zero-order valence-corrected chi connectivity index (χ0v) is 14.8. The van der Waals surface area contributed by atoms with Crippen LogP contribution in [0.15, 0.2) is 34.7 Å². The van der Waals surface area contributed by atoms with Crippen LogP contribution in [-0.4, -0.2) is 27.5 Å². The van der Waals surface area contributed by atoms with Crippen LogP contribution in [-0.2, 0) is 16.0 Å². The minimum Gasteiger partial charge on any atom is -0.480 e. The van der Waals surface area contributed by atoms with Crippen LogP contribution in [0.3, 0.4) is 0 Å². The molecule has 134 valence electrons. The average molecular weight is 344 g/mol. The number of carboxylic acids is 1. The summed E-state index contributed by atoms with van der Waals surface area (Å²) in [5.74, 6) is -0.187. The molecule has 0 saturated heterocycles. The highest BCUT2D eigenvalue weighted by Gasteiger charge is 2.33. The second-order valence-corrected chi connectivity index (χ2v) is 6.32. The predicted molar refractivity (Wildman–Crippen MR) is 94.1 cm³/mol. The standard InChI is InChI=1S/C19H24N2O4/c1-4-12-19(3,18(23)24)21-15(22)10-11-16-20-13(2)17(25-16)14-8-6-5-7-9-14/h5-9H,4,10-12H2,1-3H3,(H,21,22)(H,23,24). The smallest absolute Gasteiger partial charge is 0.329 e. The Labute approximate surface area is 147 Å². The first-order valence-corrected chi connectivity index (χ1v) is 8.42. The van der Waals surface area contributed by atoms with Gasteiger partial charge in [0, 0.05) is 18.4 Å². The van der Waals surface area contributed by atoms with Gasteiger partial charge in [-0.2, -0.15) is 0 Å². The Morgan fingerprint density at radius 3 is 2.56 bits per heavy atom. The SMILES string of the molecule is CCCC(C)(NC(=O)CCc1nc(C)c(-c2ccccc2)o1)C(=O)O. The Morgan fingerprint density at radius 2 is 1.96 bits per heavy atom. The largest absolute Gasteiger partial charge is 0.480 e. The normalized spacial score (nSPS) is 13.2. The molecule has 0 radical (unpaired) electrons. The van der Waals surface area contributed by atoms with Crippen LogP contribution in [0, 0.1) is 6.92 Å². The topological polar surface area (TPSA) is 92.4 Å². The molecule has 0 fully saturated rings. The van der Waals surface area contributed by atoms with Crippen LogP contribution in [0.1, 0.15) is 44.7 Å². The molecule has 0 bridgehead atoms. The molecule has 2 rings (SSSR count). The third-order valence-electron chi connectivity index (χ3n) is 4.08. The molecule has 0 aliphatic heterocycles. The second-order valence-electron chi connectivity index (χ2n) is 6.32. The van der Waals surface area contributed by atoms with E-state index in [-0.39, 0.29) is 12.3 Å². The lowest BCUT2D eigenvalue weighted by molar-refractivity contribution is -0.147. The molecule has 1 atom stereocenters. The van der Waals surface area contributed by atoms with Gasteiger partial charge in [0.1, 0.15) is 5.54 Å². The number of amides is 1. The van der Waals surface area contributed by atoms with E-state index in [0.717, 1.165) is 11.3 Å². The number of carbonyl (C=O) groups is 2. The fraction of sp³-hybridized carbons (Fsp3) is 0.421. The van der Waals surface area contributed by atoms with Gasteiger partial charge in [-0.25, -0.2) is 9.78 Å². The molecule has 0 aliphatic rings. The Morgan fingerprint density at radius 1 is 1.28 bits per heavy atom. The first kappa shape index (κ1) is 18.7. The van der Waals surface area contributed by atoms with Gasteiger partial charge in [-0.1, -0.05) is 43.7 Å². The van der Waals surface area contributed by atoms with Crippen molar-refractivity contribution in [1.82, 2.24) is 10.3 Å². The van der Waals surface area contributed by atoms with Crippen LogP contribution >= 0.6 is 0 Å². The highest BCUT2D eigenvalue weighted by atomic mass is 16.4. The van der Waals surface area contributed by atoms with Gasteiger partial charge in [-0.15, -0.1) is 0 Å². The van der Waals surface area contributed by atoms with Gasteiger partial charge in [0.15, 0.2) is 11.7 Å². The molecule has 1 heterocycles. The summed E-state index contributed by atoms with van der Waals surface area (Å²) in [5.41, 5.74) is 0.459. The molecular formula is C19H24N2O4. The first-order chi connectivity index (χ1) is 11.9. The number of hydrogen-bond acceptors (Lipinski definition) is 4. The zero-order chi connectivity index (χ0) is 18.4. The summed E-state index contributed by atoms with van der Waals surface area (Å²) in [7, 11) is 0. The lowest BCUT2D eigenvalue weighted by atomic mass is 9.96. The van der Waals surface area contributed by atoms with Crippen molar-refractivity contribution in [2.24, 2.45) is 0 Å². The van der Waals surface area contributed by atoms with Gasteiger partial charge in [0.05, 0.1) is 5.69 Å². The minimum absolute atomic E-state index is 0.126. The van der Waals surface area contributed by atoms with E-state index in [1.807, 2.05) is 44.2 Å². The quantitative estimate of drug-likeness (QED) is 0.766. The third kappa shape index (κ3) is 4.68. The van der Waals surface area contributed by atoms with Crippen molar-refractivity contribution in [3.05, 3.63) is 41.9 Å². The summed E-state index contributed by atoms with van der Waals surface area (Å²) in [6, 6.07) is 9.64. The fourth-order valence-corrected chi connectivity index (χ4v) is 2.73. The maximum Gasteiger partial charge on any atom is 0.329 e. The van der Waals surface area contributed by atoms with Gasteiger partial charge in [-0.3, -0.25) is 4.79 Å². The number of nitrogens with zero attached hydrogens (tertiary/aromatic N) is 1. The summed E-state index contributed by atoms with van der Waals surface area (Å²) in [6.07, 6.45) is 1.49. The molecular weight excluding hydrogens is 320 g/mol. The van der Waals surface area contributed by atoms with Gasteiger partial charge in [0.25, 0.3) is 0 Å². The molecule has 1 aromatic heterocycles. The molecule has 2 aromatic rings. The average Bonchev–Trinajstić information content (AvgIpc) is 2.95. The molecule has 6 nitrogen and oxygen atoms in total. The number of oxazole rings is 1. The second kappa shape index (κ2) is 7.96. The lowest BCUT2D eigenvalue weighted by Gasteiger charge is -2.25. The molecule has 0 aliphatic carbocycles. The molecule has 2 N–H and O–H groups in total. The molecule has 0 spiro atoms. The molecule has 6 heteroatoms. The van der Waals surface area contributed by atoms with E-state index in [2.05, 4.69) is 10.3 Å². The number of aromatic nitrogens is 1. The van der Waals surface area contributed by atoms with Gasteiger partial charge >= 0.3 is 5.97 Å². The molecule has 1 amide bonds. The fourth-order valence-electron chi connectivity index (χ4n) is 2.73. The molecule has 0 saturated carbocycles. The number of carbonyl (C=O) groups excluding carboxylic acids is 1. The Kier molecular flexibility index (Phi) is 5.96. The van der Waals surface area contributed by atoms with Crippen LogP contribution in [0.2, 0.25) is 0 Å². The van der Waals surface area contributed by atoms with Gasteiger partial charge < -0.3 is 14.8 Å². The number of benzene rings is 1. The Bertz CT molecular complexity index is 739. The van der Waals surface area contributed by atoms with E-state index in [0.29, 0.717) is 30.9 Å². The van der Waals surface area contributed by atoms with Crippen molar-refractivity contribution in [1.29, 1.82) is 0 Å². The van der Waals surface area contributed by atoms with E-state index in [4.69, 9.17) is 4.42 Å². The molecule has 25 heavy (non-hydrogen) atoms. The van der Waals surface area contributed by atoms with E-state index in [1.54, 1.807) is 0 Å². The van der Waals surface area contributed by atoms with Gasteiger partial charge in [0.2, 0.25) is 5.91 Å². The number of carboxylic acid groups (broad SMARTS) is 1. The summed E-state index contributed by atoms with van der Waals surface area (Å²) in [6.45, 7) is 5.27. The molecule has 1 unspecified atom stereocenters. The maximum atomic E-state index is 12.1. The number of nitrogens with one attached hydrogen (secondary N) is 1. The highest BCUT2D eigenvalue weighted by Crippen LogP contribution is 2.24. The van der Waals surface area contributed by atoms with E-state index in [1.165, 1.54) is 6.92 Å². The van der Waals surface area contributed by atoms with Crippen molar-refractivity contribution in [3.8, 4) is 11.3 Å². The summed E-state index contributed by atoms with van der Waals surface area (Å²) in [5, 5.41) is 11.9. The number of hydrogen-bond donors (Lipinski definition) is 2. The predicted octanol–water partition coefficient (Wildman–Crippen LogP) is 3.34. The first-order valence-electron chi connectivity index (χ1n) is 8.42. The number of aliphatic carboxylic acids is 1. The molecule has 1 aromatic carbocycles. The van der Waals surface area contributed by atoms with Gasteiger partial charge in [-0.05, 0) is 20.3 Å². The lowest BCUT2D eigenvalue weighted by Crippen LogP contribution is -2.52. The number of rotatable bonds is 8. The Balaban J connectivity index is 2.00. The highest BCUT2D eigenvalue weighted by molar-refractivity contribution is 5.86. The van der Waals surface area contributed by atoms with Crippen molar-refractivity contribution >= 4 is 11.9 Å². The summed E-state index contributed by atoms with van der Waals surface area (Å²) in [4.78, 5) is 27.9. The van der Waals surface area contributed by atoms with E-state index in [9.17, 15) is 14.7 Å². The van der Waals surface area contributed by atoms with E-state index < -0.39 is 11.5 Å².